The van der Waals surface area contributed by atoms with Gasteiger partial charge in [-0.25, -0.2) is 0 Å². The smallest absolute Gasteiger partial charge is 0.378 e. The molecule has 1 aliphatic rings. The highest BCUT2D eigenvalue weighted by molar-refractivity contribution is 8.00. The molecule has 1 fully saturated rings. The van der Waals surface area contributed by atoms with Gasteiger partial charge in [-0.15, -0.1) is 10.2 Å². The second-order valence-corrected chi connectivity index (χ2v) is 8.67. The van der Waals surface area contributed by atoms with Crippen molar-refractivity contribution < 1.29 is 22.7 Å². The summed E-state index contributed by atoms with van der Waals surface area (Å²) in [5, 5.41) is 11.1. The van der Waals surface area contributed by atoms with Crippen LogP contribution in [0.5, 0.6) is 0 Å². The normalized spacial score (nSPS) is 15.2. The first kappa shape index (κ1) is 24.1. The van der Waals surface area contributed by atoms with E-state index in [2.05, 4.69) is 20.4 Å². The second-order valence-electron chi connectivity index (χ2n) is 7.60. The minimum absolute atomic E-state index is 0.0762. The van der Waals surface area contributed by atoms with Crippen LogP contribution < -0.4 is 10.2 Å². The quantitative estimate of drug-likeness (QED) is 0.486. The Labute approximate surface area is 199 Å². The van der Waals surface area contributed by atoms with Crippen LogP contribution in [0.4, 0.5) is 24.8 Å². The standard InChI is InChI=1S/C23H24F3N5O2S/c1-2-31-21(30-11-13-33-14-12-30)28-29-22(31)34-19(16-7-4-3-5-8-16)20(32)27-18-10-6-9-17(15-18)23(24,25)26/h3-10,15,19H,2,11-14H2,1H3,(H,27,32). The number of aromatic nitrogens is 3. The lowest BCUT2D eigenvalue weighted by atomic mass is 10.1. The molecule has 1 saturated heterocycles. The fourth-order valence-corrected chi connectivity index (χ4v) is 4.73. The van der Waals surface area contributed by atoms with Gasteiger partial charge in [0.25, 0.3) is 0 Å². The van der Waals surface area contributed by atoms with Crippen molar-refractivity contribution >= 4 is 29.3 Å². The Morgan fingerprint density at radius 3 is 2.53 bits per heavy atom. The molecule has 2 heterocycles. The van der Waals surface area contributed by atoms with Gasteiger partial charge in [-0.2, -0.15) is 13.2 Å². The van der Waals surface area contributed by atoms with E-state index >= 15 is 0 Å². The van der Waals surface area contributed by atoms with E-state index in [0.29, 0.717) is 49.5 Å². The van der Waals surface area contributed by atoms with Gasteiger partial charge in [-0.05, 0) is 30.7 Å². The predicted octanol–water partition coefficient (Wildman–Crippen LogP) is 4.63. The molecule has 1 aromatic heterocycles. The number of morpholine rings is 1. The maximum atomic E-state index is 13.3. The zero-order chi connectivity index (χ0) is 24.1. The molecular weight excluding hydrogens is 467 g/mol. The Hall–Kier alpha value is -3.05. The monoisotopic (exact) mass is 491 g/mol. The number of carbonyl (C=O) groups is 1. The van der Waals surface area contributed by atoms with E-state index in [0.717, 1.165) is 12.1 Å². The maximum absolute atomic E-state index is 13.3. The van der Waals surface area contributed by atoms with Crippen LogP contribution in [0.25, 0.3) is 0 Å². The Morgan fingerprint density at radius 1 is 1.12 bits per heavy atom. The lowest BCUT2D eigenvalue weighted by molar-refractivity contribution is -0.137. The minimum atomic E-state index is -4.50. The first-order chi connectivity index (χ1) is 16.4. The number of ether oxygens (including phenoxy) is 1. The van der Waals surface area contributed by atoms with E-state index in [-0.39, 0.29) is 5.69 Å². The van der Waals surface area contributed by atoms with Crippen molar-refractivity contribution in [3.05, 3.63) is 65.7 Å². The molecule has 2 aromatic carbocycles. The van der Waals surface area contributed by atoms with Gasteiger partial charge in [0, 0.05) is 25.3 Å². The van der Waals surface area contributed by atoms with Gasteiger partial charge in [-0.1, -0.05) is 48.2 Å². The highest BCUT2D eigenvalue weighted by atomic mass is 32.2. The van der Waals surface area contributed by atoms with Gasteiger partial charge in [0.2, 0.25) is 11.9 Å². The van der Waals surface area contributed by atoms with Crippen LogP contribution in [-0.4, -0.2) is 47.0 Å². The highest BCUT2D eigenvalue weighted by Crippen LogP contribution is 2.37. The van der Waals surface area contributed by atoms with Crippen molar-refractivity contribution in [1.29, 1.82) is 0 Å². The maximum Gasteiger partial charge on any atom is 0.416 e. The molecule has 1 N–H and O–H groups in total. The van der Waals surface area contributed by atoms with E-state index in [4.69, 9.17) is 4.74 Å². The largest absolute Gasteiger partial charge is 0.416 e. The number of nitrogens with one attached hydrogen (secondary N) is 1. The summed E-state index contributed by atoms with van der Waals surface area (Å²) < 4.78 is 46.7. The molecule has 0 saturated carbocycles. The third kappa shape index (κ3) is 5.53. The van der Waals surface area contributed by atoms with Crippen LogP contribution in [0.2, 0.25) is 0 Å². The average molecular weight is 492 g/mol. The number of benzene rings is 2. The summed E-state index contributed by atoms with van der Waals surface area (Å²) in [4.78, 5) is 15.4. The molecule has 0 aliphatic carbocycles. The molecule has 3 aromatic rings. The lowest BCUT2D eigenvalue weighted by Crippen LogP contribution is -2.38. The van der Waals surface area contributed by atoms with Crippen LogP contribution >= 0.6 is 11.8 Å². The van der Waals surface area contributed by atoms with Gasteiger partial charge < -0.3 is 15.0 Å². The van der Waals surface area contributed by atoms with Crippen molar-refractivity contribution in [1.82, 2.24) is 14.8 Å². The number of nitrogens with zero attached hydrogens (tertiary/aromatic N) is 4. The topological polar surface area (TPSA) is 72.3 Å². The number of hydrogen-bond acceptors (Lipinski definition) is 6. The third-order valence-electron chi connectivity index (χ3n) is 5.33. The van der Waals surface area contributed by atoms with E-state index in [1.165, 1.54) is 23.9 Å². The SMILES string of the molecule is CCn1c(SC(C(=O)Nc2cccc(C(F)(F)F)c2)c2ccccc2)nnc1N1CCOCC1. The van der Waals surface area contributed by atoms with Crippen LogP contribution in [0.1, 0.15) is 23.3 Å². The van der Waals surface area contributed by atoms with Crippen LogP contribution in [0.3, 0.4) is 0 Å². The van der Waals surface area contributed by atoms with Crippen molar-refractivity contribution in [2.75, 3.05) is 36.5 Å². The zero-order valence-corrected chi connectivity index (χ0v) is 19.3. The molecule has 4 rings (SSSR count). The molecule has 1 aliphatic heterocycles. The van der Waals surface area contributed by atoms with Crippen LogP contribution in [0.15, 0.2) is 59.8 Å². The molecular formula is C23H24F3N5O2S. The van der Waals surface area contributed by atoms with Crippen molar-refractivity contribution in [2.24, 2.45) is 0 Å². The van der Waals surface area contributed by atoms with Gasteiger partial charge in [0.05, 0.1) is 18.8 Å². The van der Waals surface area contributed by atoms with Gasteiger partial charge >= 0.3 is 6.18 Å². The van der Waals surface area contributed by atoms with E-state index in [1.54, 1.807) is 12.1 Å². The summed E-state index contributed by atoms with van der Waals surface area (Å²) >= 11 is 1.21. The zero-order valence-electron chi connectivity index (χ0n) is 18.5. The number of anilines is 2. The first-order valence-corrected chi connectivity index (χ1v) is 11.7. The molecule has 0 spiro atoms. The molecule has 1 atom stereocenters. The third-order valence-corrected chi connectivity index (χ3v) is 6.56. The second kappa shape index (κ2) is 10.5. The molecule has 7 nitrogen and oxygen atoms in total. The molecule has 1 amide bonds. The molecule has 1 unspecified atom stereocenters. The minimum Gasteiger partial charge on any atom is -0.378 e. The Kier molecular flexibility index (Phi) is 7.42. The number of carbonyl (C=O) groups excluding carboxylic acids is 1. The fraction of sp³-hybridized carbons (Fsp3) is 0.348. The first-order valence-electron chi connectivity index (χ1n) is 10.8. The molecule has 11 heteroatoms. The van der Waals surface area contributed by atoms with E-state index < -0.39 is 22.9 Å². The summed E-state index contributed by atoms with van der Waals surface area (Å²) in [5.41, 5.74) is -0.0436. The Bertz CT molecular complexity index is 1120. The summed E-state index contributed by atoms with van der Waals surface area (Å²) in [6.07, 6.45) is -4.50. The number of halogens is 3. The van der Waals surface area contributed by atoms with Gasteiger partial charge in [0.1, 0.15) is 5.25 Å². The summed E-state index contributed by atoms with van der Waals surface area (Å²) in [7, 11) is 0. The summed E-state index contributed by atoms with van der Waals surface area (Å²) in [5.74, 6) is 0.257. The number of thioether (sulfide) groups is 1. The predicted molar refractivity (Wildman–Crippen MR) is 124 cm³/mol. The molecule has 0 radical (unpaired) electrons. The van der Waals surface area contributed by atoms with E-state index in [1.807, 2.05) is 29.7 Å². The number of hydrogen-bond donors (Lipinski definition) is 1. The highest BCUT2D eigenvalue weighted by Gasteiger charge is 2.31. The number of rotatable bonds is 7. The lowest BCUT2D eigenvalue weighted by Gasteiger charge is -2.27. The number of amides is 1. The van der Waals surface area contributed by atoms with Crippen LogP contribution in [-0.2, 0) is 22.3 Å². The van der Waals surface area contributed by atoms with Crippen molar-refractivity contribution in [3.8, 4) is 0 Å². The molecule has 34 heavy (non-hydrogen) atoms. The average Bonchev–Trinajstić information content (AvgIpc) is 3.26. The Balaban J connectivity index is 1.61. The fourth-order valence-electron chi connectivity index (χ4n) is 3.63. The van der Waals surface area contributed by atoms with Gasteiger partial charge in [-0.3, -0.25) is 9.36 Å². The van der Waals surface area contributed by atoms with Crippen molar-refractivity contribution in [2.45, 2.75) is 30.1 Å². The van der Waals surface area contributed by atoms with Gasteiger partial charge in [0.15, 0.2) is 5.16 Å². The summed E-state index contributed by atoms with van der Waals surface area (Å²) in [6, 6.07) is 13.7. The van der Waals surface area contributed by atoms with E-state index in [9.17, 15) is 18.0 Å². The summed E-state index contributed by atoms with van der Waals surface area (Å²) in [6.45, 7) is 5.16. The number of alkyl halides is 3. The molecule has 0 bridgehead atoms. The molecule has 180 valence electrons. The van der Waals surface area contributed by atoms with Crippen LogP contribution in [0, 0.1) is 0 Å². The Morgan fingerprint density at radius 2 is 1.85 bits per heavy atom. The van der Waals surface area contributed by atoms with Crippen molar-refractivity contribution in [3.63, 3.8) is 0 Å².